The Labute approximate surface area is 166 Å². The average molecular weight is 374 g/mol. The number of nitrogens with zero attached hydrogens (tertiary/aromatic N) is 3. The number of allylic oxidation sites excluding steroid dienone is 1. The van der Waals surface area contributed by atoms with Gasteiger partial charge in [0.2, 0.25) is 0 Å². The number of aliphatic hydroxyl groups is 1. The van der Waals surface area contributed by atoms with Crippen LogP contribution in [-0.2, 0) is 0 Å². The SMILES string of the molecule is C/C(=C\c1ncc(C2=NC(CO)CCCC2)nc1C)C(C)(C)C.CCCC. The van der Waals surface area contributed by atoms with Crippen molar-refractivity contribution < 1.29 is 5.11 Å². The summed E-state index contributed by atoms with van der Waals surface area (Å²) in [6.45, 7) is 15.2. The van der Waals surface area contributed by atoms with Crippen LogP contribution in [0.25, 0.3) is 6.08 Å². The lowest BCUT2D eigenvalue weighted by Crippen LogP contribution is -2.13. The van der Waals surface area contributed by atoms with Gasteiger partial charge in [0, 0.05) is 0 Å². The third kappa shape index (κ3) is 7.92. The second-order valence-electron chi connectivity index (χ2n) is 8.46. The van der Waals surface area contributed by atoms with E-state index >= 15 is 0 Å². The van der Waals surface area contributed by atoms with Gasteiger partial charge in [0.05, 0.1) is 35.9 Å². The highest BCUT2D eigenvalue weighted by Gasteiger charge is 2.17. The second-order valence-corrected chi connectivity index (χ2v) is 8.46. The summed E-state index contributed by atoms with van der Waals surface area (Å²) in [6.07, 6.45) is 10.7. The largest absolute Gasteiger partial charge is 0.394 e. The molecule has 0 radical (unpaired) electrons. The minimum Gasteiger partial charge on any atom is -0.394 e. The van der Waals surface area contributed by atoms with Crippen LogP contribution < -0.4 is 0 Å². The normalized spacial score (nSPS) is 18.3. The standard InChI is InChI=1S/C19H29N3O.C4H10/c1-13(19(3,4)5)10-17-14(2)21-18(11-20-17)16-9-7-6-8-15(12-23)22-16;1-3-4-2/h10-11,15,23H,6-9,12H2,1-5H3;3-4H2,1-2H3/b13-10+;. The molecule has 1 unspecified atom stereocenters. The number of aliphatic imine (C=N–C) groups is 1. The maximum Gasteiger partial charge on any atom is 0.103 e. The van der Waals surface area contributed by atoms with E-state index < -0.39 is 0 Å². The van der Waals surface area contributed by atoms with Crippen LogP contribution in [0.3, 0.4) is 0 Å². The molecule has 0 saturated carbocycles. The Balaban J connectivity index is 0.000000828. The molecule has 1 N–H and O–H groups in total. The van der Waals surface area contributed by atoms with Gasteiger partial charge in [-0.05, 0) is 44.6 Å². The molecule has 27 heavy (non-hydrogen) atoms. The molecular weight excluding hydrogens is 334 g/mol. The van der Waals surface area contributed by atoms with E-state index in [4.69, 9.17) is 4.98 Å². The molecule has 1 aliphatic heterocycles. The van der Waals surface area contributed by atoms with E-state index in [2.05, 4.69) is 57.6 Å². The lowest BCUT2D eigenvalue weighted by Gasteiger charge is -2.19. The molecule has 0 aliphatic carbocycles. The van der Waals surface area contributed by atoms with Gasteiger partial charge in [-0.3, -0.25) is 9.98 Å². The number of unbranched alkanes of at least 4 members (excludes halogenated alkanes) is 1. The number of aryl methyl sites for hydroxylation is 1. The Morgan fingerprint density at radius 1 is 1.22 bits per heavy atom. The summed E-state index contributed by atoms with van der Waals surface area (Å²) >= 11 is 0. The number of hydrogen-bond donors (Lipinski definition) is 1. The summed E-state index contributed by atoms with van der Waals surface area (Å²) < 4.78 is 0. The van der Waals surface area contributed by atoms with Crippen LogP contribution in [0.4, 0.5) is 0 Å². The predicted octanol–water partition coefficient (Wildman–Crippen LogP) is 5.76. The third-order valence-corrected chi connectivity index (χ3v) is 5.07. The zero-order valence-corrected chi connectivity index (χ0v) is 18.5. The first-order valence-electron chi connectivity index (χ1n) is 10.4. The van der Waals surface area contributed by atoms with E-state index in [1.165, 1.54) is 18.4 Å². The van der Waals surface area contributed by atoms with Crippen molar-refractivity contribution in [3.05, 3.63) is 28.9 Å². The Bertz CT molecular complexity index is 640. The summed E-state index contributed by atoms with van der Waals surface area (Å²) in [5.41, 5.74) is 5.11. The summed E-state index contributed by atoms with van der Waals surface area (Å²) in [6, 6.07) is 0.0114. The molecule has 1 aliphatic rings. The van der Waals surface area contributed by atoms with Crippen molar-refractivity contribution in [1.82, 2.24) is 9.97 Å². The number of aromatic nitrogens is 2. The van der Waals surface area contributed by atoms with Gasteiger partial charge in [0.25, 0.3) is 0 Å². The van der Waals surface area contributed by atoms with Gasteiger partial charge in [-0.1, -0.05) is 59.5 Å². The highest BCUT2D eigenvalue weighted by Crippen LogP contribution is 2.26. The lowest BCUT2D eigenvalue weighted by atomic mass is 9.87. The molecule has 0 spiro atoms. The van der Waals surface area contributed by atoms with E-state index in [1.807, 2.05) is 13.1 Å². The number of rotatable bonds is 4. The fraction of sp³-hybridized carbons (Fsp3) is 0.696. The average Bonchev–Trinajstić information content (AvgIpc) is 2.88. The first kappa shape index (κ1) is 23.5. The Kier molecular flexibility index (Phi) is 9.86. The van der Waals surface area contributed by atoms with Crippen LogP contribution in [0.2, 0.25) is 0 Å². The highest BCUT2D eigenvalue weighted by molar-refractivity contribution is 5.99. The number of aliphatic hydroxyl groups excluding tert-OH is 1. The molecule has 0 bridgehead atoms. The van der Waals surface area contributed by atoms with Crippen LogP contribution in [0.5, 0.6) is 0 Å². The third-order valence-electron chi connectivity index (χ3n) is 5.07. The topological polar surface area (TPSA) is 58.4 Å². The first-order chi connectivity index (χ1) is 12.7. The van der Waals surface area contributed by atoms with Crippen molar-refractivity contribution in [2.24, 2.45) is 10.4 Å². The van der Waals surface area contributed by atoms with Gasteiger partial charge in [-0.15, -0.1) is 0 Å². The van der Waals surface area contributed by atoms with Crippen molar-refractivity contribution in [1.29, 1.82) is 0 Å². The maximum absolute atomic E-state index is 9.40. The van der Waals surface area contributed by atoms with Crippen LogP contribution in [-0.4, -0.2) is 33.4 Å². The molecule has 1 atom stereocenters. The van der Waals surface area contributed by atoms with E-state index in [-0.39, 0.29) is 18.1 Å². The summed E-state index contributed by atoms with van der Waals surface area (Å²) in [4.78, 5) is 14.0. The molecule has 0 fully saturated rings. The van der Waals surface area contributed by atoms with Crippen LogP contribution in [0, 0.1) is 12.3 Å². The molecule has 4 heteroatoms. The van der Waals surface area contributed by atoms with E-state index in [0.717, 1.165) is 48.5 Å². The first-order valence-corrected chi connectivity index (χ1v) is 10.4. The fourth-order valence-corrected chi connectivity index (χ4v) is 2.54. The van der Waals surface area contributed by atoms with Crippen molar-refractivity contribution in [2.45, 2.75) is 93.0 Å². The second kappa shape index (κ2) is 11.3. The monoisotopic (exact) mass is 373 g/mol. The van der Waals surface area contributed by atoms with Crippen molar-refractivity contribution in [3.8, 4) is 0 Å². The van der Waals surface area contributed by atoms with Gasteiger partial charge in [-0.25, -0.2) is 4.98 Å². The van der Waals surface area contributed by atoms with Gasteiger partial charge in [-0.2, -0.15) is 0 Å². The van der Waals surface area contributed by atoms with Crippen LogP contribution in [0.1, 0.15) is 97.1 Å². The van der Waals surface area contributed by atoms with Gasteiger partial charge >= 0.3 is 0 Å². The molecule has 4 nitrogen and oxygen atoms in total. The zero-order chi connectivity index (χ0) is 20.4. The molecule has 1 aromatic heterocycles. The van der Waals surface area contributed by atoms with Crippen molar-refractivity contribution in [3.63, 3.8) is 0 Å². The Morgan fingerprint density at radius 2 is 1.89 bits per heavy atom. The molecule has 152 valence electrons. The molecule has 2 rings (SSSR count). The zero-order valence-electron chi connectivity index (χ0n) is 18.5. The van der Waals surface area contributed by atoms with E-state index in [1.54, 1.807) is 0 Å². The number of hydrogen-bond acceptors (Lipinski definition) is 4. The van der Waals surface area contributed by atoms with Gasteiger partial charge in [0.15, 0.2) is 0 Å². The summed E-state index contributed by atoms with van der Waals surface area (Å²) in [5, 5.41) is 9.40. The smallest absolute Gasteiger partial charge is 0.103 e. The molecule has 2 heterocycles. The van der Waals surface area contributed by atoms with Crippen molar-refractivity contribution >= 4 is 11.8 Å². The van der Waals surface area contributed by atoms with Crippen LogP contribution >= 0.6 is 0 Å². The van der Waals surface area contributed by atoms with Gasteiger partial charge in [0.1, 0.15) is 5.69 Å². The van der Waals surface area contributed by atoms with E-state index in [9.17, 15) is 5.11 Å². The quantitative estimate of drug-likeness (QED) is 0.729. The molecule has 0 saturated heterocycles. The Morgan fingerprint density at radius 3 is 2.41 bits per heavy atom. The predicted molar refractivity (Wildman–Crippen MR) is 116 cm³/mol. The highest BCUT2D eigenvalue weighted by atomic mass is 16.3. The van der Waals surface area contributed by atoms with Crippen LogP contribution in [0.15, 0.2) is 16.8 Å². The molecule has 1 aromatic rings. The van der Waals surface area contributed by atoms with E-state index in [0.29, 0.717) is 0 Å². The van der Waals surface area contributed by atoms with Crippen molar-refractivity contribution in [2.75, 3.05) is 6.61 Å². The molecule has 0 aromatic carbocycles. The minimum absolute atomic E-state index is 0.0114. The maximum atomic E-state index is 9.40. The minimum atomic E-state index is 0.0114. The molecular formula is C23H39N3O. The summed E-state index contributed by atoms with van der Waals surface area (Å²) in [7, 11) is 0. The Hall–Kier alpha value is -1.55. The fourth-order valence-electron chi connectivity index (χ4n) is 2.54. The lowest BCUT2D eigenvalue weighted by molar-refractivity contribution is 0.260. The summed E-state index contributed by atoms with van der Waals surface area (Å²) in [5.74, 6) is 0. The van der Waals surface area contributed by atoms with Gasteiger partial charge < -0.3 is 5.11 Å². The molecule has 0 amide bonds.